The minimum Gasteiger partial charge on any atom is -0.507 e. The molecular formula is C48H53ClN4O10. The fourth-order valence-corrected chi connectivity index (χ4v) is 7.65. The summed E-state index contributed by atoms with van der Waals surface area (Å²) in [6, 6.07) is 19.8. The maximum atomic E-state index is 14.7. The summed E-state index contributed by atoms with van der Waals surface area (Å²) in [5.41, 5.74) is 9.06. The SMILES string of the molecule is CC(=O)[C@H](C)NC(=O)[C@@H]1Cc2ccc(O)c(c2)-c2cc(ccc2OCC(=O)O)[C@H](N(C)C(=O)[C@H](CCCCN)CC(=O)c2ccc(-c3ccc(Cl)cc3)cc2)C(=O)C[C@@H](C)C(=O)N1. The number of rotatable bonds is 16. The van der Waals surface area contributed by atoms with E-state index in [9.17, 15) is 43.8 Å². The van der Waals surface area contributed by atoms with Crippen LogP contribution in [0.15, 0.2) is 84.9 Å². The fraction of sp³-hybridized carbons (Fsp3) is 0.354. The van der Waals surface area contributed by atoms with Gasteiger partial charge in [-0.15, -0.1) is 0 Å². The van der Waals surface area contributed by atoms with Gasteiger partial charge in [0.15, 0.2) is 24.0 Å². The van der Waals surface area contributed by atoms with E-state index in [-0.39, 0.29) is 65.4 Å². The Balaban J connectivity index is 1.56. The first-order valence-corrected chi connectivity index (χ1v) is 21.2. The van der Waals surface area contributed by atoms with Crippen LogP contribution in [0.1, 0.15) is 80.4 Å². The lowest BCUT2D eigenvalue weighted by Gasteiger charge is -2.32. The van der Waals surface area contributed by atoms with Crippen molar-refractivity contribution in [1.29, 1.82) is 0 Å². The number of carboxylic acid groups (broad SMARTS) is 1. The number of hydrogen-bond donors (Lipinski definition) is 5. The van der Waals surface area contributed by atoms with Gasteiger partial charge in [0.05, 0.1) is 6.04 Å². The molecule has 3 amide bonds. The van der Waals surface area contributed by atoms with Gasteiger partial charge in [0.2, 0.25) is 17.7 Å². The molecule has 1 aliphatic heterocycles. The first-order chi connectivity index (χ1) is 30.0. The van der Waals surface area contributed by atoms with Crippen LogP contribution >= 0.6 is 11.6 Å². The number of fused-ring (bicyclic) bond motifs is 5. The van der Waals surface area contributed by atoms with E-state index in [2.05, 4.69) is 10.6 Å². The lowest BCUT2D eigenvalue weighted by molar-refractivity contribution is -0.142. The molecule has 0 unspecified atom stereocenters. The third kappa shape index (κ3) is 12.4. The third-order valence-corrected chi connectivity index (χ3v) is 11.5. The number of ketones is 3. The number of amides is 3. The number of nitrogens with zero attached hydrogens (tertiary/aromatic N) is 1. The number of unbranched alkanes of at least 4 members (excludes halogenated alkanes) is 1. The van der Waals surface area contributed by atoms with E-state index in [1.54, 1.807) is 36.4 Å². The summed E-state index contributed by atoms with van der Waals surface area (Å²) >= 11 is 6.06. The quantitative estimate of drug-likeness (QED) is 0.0640. The Bertz CT molecular complexity index is 2350. The number of nitrogens with one attached hydrogen (secondary N) is 2. The van der Waals surface area contributed by atoms with Gasteiger partial charge in [-0.25, -0.2) is 4.79 Å². The number of carboxylic acids is 1. The summed E-state index contributed by atoms with van der Waals surface area (Å²) in [5.74, 6) is -6.30. The fourth-order valence-electron chi connectivity index (χ4n) is 7.52. The highest BCUT2D eigenvalue weighted by Crippen LogP contribution is 2.40. The molecule has 0 saturated carbocycles. The topological polar surface area (TPSA) is 222 Å². The number of Topliss-reactive ketones (excluding diaryl/α,β-unsaturated/α-hetero) is 3. The van der Waals surface area contributed by atoms with Crippen LogP contribution in [0.3, 0.4) is 0 Å². The van der Waals surface area contributed by atoms with E-state index in [0.29, 0.717) is 35.5 Å². The number of aliphatic carboxylic acids is 1. The zero-order chi connectivity index (χ0) is 46.0. The Morgan fingerprint density at radius 1 is 0.921 bits per heavy atom. The predicted octanol–water partition coefficient (Wildman–Crippen LogP) is 6.09. The Kier molecular flexibility index (Phi) is 16.4. The van der Waals surface area contributed by atoms with Crippen molar-refractivity contribution in [2.75, 3.05) is 20.2 Å². The summed E-state index contributed by atoms with van der Waals surface area (Å²) in [6.45, 7) is 3.97. The lowest BCUT2D eigenvalue weighted by atomic mass is 9.88. The Morgan fingerprint density at radius 2 is 1.59 bits per heavy atom. The molecule has 0 spiro atoms. The highest BCUT2D eigenvalue weighted by molar-refractivity contribution is 6.30. The van der Waals surface area contributed by atoms with Crippen molar-refractivity contribution in [3.8, 4) is 33.8 Å². The average Bonchev–Trinajstić information content (AvgIpc) is 3.25. The van der Waals surface area contributed by atoms with Crippen LogP contribution in [0, 0.1) is 11.8 Å². The Labute approximate surface area is 371 Å². The summed E-state index contributed by atoms with van der Waals surface area (Å²) in [6.07, 6.45) is 0.753. The minimum atomic E-state index is -1.34. The van der Waals surface area contributed by atoms with E-state index in [1.807, 2.05) is 24.3 Å². The molecule has 332 valence electrons. The molecule has 15 heteroatoms. The van der Waals surface area contributed by atoms with E-state index in [0.717, 1.165) is 11.1 Å². The van der Waals surface area contributed by atoms with E-state index < -0.39 is 66.0 Å². The summed E-state index contributed by atoms with van der Waals surface area (Å²) < 4.78 is 5.66. The molecule has 14 nitrogen and oxygen atoms in total. The van der Waals surface area contributed by atoms with Gasteiger partial charge < -0.3 is 36.2 Å². The summed E-state index contributed by atoms with van der Waals surface area (Å²) in [5, 5.41) is 26.7. The Hall–Kier alpha value is -6.38. The van der Waals surface area contributed by atoms with Crippen molar-refractivity contribution in [2.45, 2.75) is 77.4 Å². The van der Waals surface area contributed by atoms with Gasteiger partial charge in [-0.2, -0.15) is 0 Å². The number of likely N-dealkylation sites (N-methyl/N-ethyl adjacent to an activating group) is 1. The van der Waals surface area contributed by atoms with Crippen LogP contribution in [0.5, 0.6) is 11.5 Å². The molecule has 1 aliphatic rings. The van der Waals surface area contributed by atoms with Gasteiger partial charge in [0.25, 0.3) is 0 Å². The van der Waals surface area contributed by atoms with Crippen molar-refractivity contribution < 1.29 is 48.5 Å². The number of ether oxygens (including phenoxy) is 1. The maximum absolute atomic E-state index is 14.7. The largest absolute Gasteiger partial charge is 0.507 e. The van der Waals surface area contributed by atoms with Crippen molar-refractivity contribution in [3.63, 3.8) is 0 Å². The van der Waals surface area contributed by atoms with Crippen LogP contribution < -0.4 is 21.1 Å². The minimum absolute atomic E-state index is 0.0412. The van der Waals surface area contributed by atoms with Crippen LogP contribution in [-0.2, 0) is 35.2 Å². The van der Waals surface area contributed by atoms with E-state index in [4.69, 9.17) is 22.1 Å². The Morgan fingerprint density at radius 3 is 2.22 bits per heavy atom. The van der Waals surface area contributed by atoms with Crippen LogP contribution in [0.4, 0.5) is 0 Å². The second kappa shape index (κ2) is 21.6. The maximum Gasteiger partial charge on any atom is 0.341 e. The molecule has 0 aromatic heterocycles. The zero-order valence-electron chi connectivity index (χ0n) is 35.7. The average molecular weight is 881 g/mol. The van der Waals surface area contributed by atoms with Crippen molar-refractivity contribution in [1.82, 2.24) is 15.5 Å². The monoisotopic (exact) mass is 880 g/mol. The first-order valence-electron chi connectivity index (χ1n) is 20.8. The van der Waals surface area contributed by atoms with Gasteiger partial charge in [-0.1, -0.05) is 73.5 Å². The second-order valence-electron chi connectivity index (χ2n) is 16.0. The number of halogens is 1. The number of hydrogen-bond acceptors (Lipinski definition) is 10. The molecule has 0 saturated heterocycles. The van der Waals surface area contributed by atoms with Gasteiger partial charge in [0.1, 0.15) is 23.6 Å². The number of aromatic hydroxyl groups is 1. The van der Waals surface area contributed by atoms with Gasteiger partial charge in [-0.05, 0) is 91.9 Å². The number of phenolic OH excluding ortho intramolecular Hbond substituents is 1. The molecule has 4 bridgehead atoms. The van der Waals surface area contributed by atoms with Gasteiger partial charge in [-0.3, -0.25) is 28.8 Å². The molecular weight excluding hydrogens is 828 g/mol. The summed E-state index contributed by atoms with van der Waals surface area (Å²) in [4.78, 5) is 95.5. The van der Waals surface area contributed by atoms with Crippen molar-refractivity contribution in [2.24, 2.45) is 17.6 Å². The van der Waals surface area contributed by atoms with Crippen LogP contribution in [0.2, 0.25) is 5.02 Å². The molecule has 4 aromatic rings. The number of phenols is 1. The molecule has 0 radical (unpaired) electrons. The van der Waals surface area contributed by atoms with Gasteiger partial charge in [0, 0.05) is 59.9 Å². The smallest absolute Gasteiger partial charge is 0.341 e. The highest BCUT2D eigenvalue weighted by Gasteiger charge is 2.36. The number of benzene rings is 4. The number of carbonyl (C=O) groups is 7. The van der Waals surface area contributed by atoms with Crippen molar-refractivity contribution in [3.05, 3.63) is 107 Å². The molecule has 5 rings (SSSR count). The van der Waals surface area contributed by atoms with E-state index in [1.165, 1.54) is 57.0 Å². The molecule has 5 atom stereocenters. The van der Waals surface area contributed by atoms with E-state index >= 15 is 0 Å². The zero-order valence-corrected chi connectivity index (χ0v) is 36.4. The first kappa shape index (κ1) is 47.7. The van der Waals surface area contributed by atoms with Crippen molar-refractivity contribution >= 4 is 52.6 Å². The molecule has 63 heavy (non-hydrogen) atoms. The molecule has 0 aliphatic carbocycles. The predicted molar refractivity (Wildman–Crippen MR) is 237 cm³/mol. The van der Waals surface area contributed by atoms with Crippen LogP contribution in [-0.4, -0.2) is 88.4 Å². The third-order valence-electron chi connectivity index (χ3n) is 11.2. The normalized spacial score (nSPS) is 17.3. The number of carbonyl (C=O) groups excluding carboxylic acids is 6. The second-order valence-corrected chi connectivity index (χ2v) is 16.4. The van der Waals surface area contributed by atoms with Gasteiger partial charge >= 0.3 is 5.97 Å². The molecule has 1 heterocycles. The molecule has 0 fully saturated rings. The lowest BCUT2D eigenvalue weighted by Crippen LogP contribution is -2.52. The number of nitrogens with two attached hydrogens (primary N) is 1. The standard InChI is InChI=1S/C48H53ClN4O10/c1-27-21-42(57)45(53(4)48(62)35(7-5-6-20-50)25-41(56)33-11-9-31(10-12-33)32-13-16-36(49)17-14-32)34-15-19-43(63-26-44(58)59)38(24-34)37-22-30(8-18-40(37)55)23-39(52-46(27)60)47(61)51-28(2)29(3)54/h8-19,22,24,27-28,35,39,45,55H,5-7,20-21,23,25-26,50H2,1-4H3,(H,51,61)(H,52,60)(H,58,59)/t27-,28+,35-,39+,45+/m1/s1. The highest BCUT2D eigenvalue weighted by atomic mass is 35.5. The summed E-state index contributed by atoms with van der Waals surface area (Å²) in [7, 11) is 1.45. The molecule has 4 aromatic carbocycles. The van der Waals surface area contributed by atoms with Crippen LogP contribution in [0.25, 0.3) is 22.3 Å². The molecule has 6 N–H and O–H groups in total.